The molecule has 7 heteroatoms. The predicted octanol–water partition coefficient (Wildman–Crippen LogP) is -1.47. The number of nitrogens with one attached hydrogen (secondary N) is 3. The number of carbonyl (C=O) groups excluding carboxylic acids is 3. The number of carbonyl (C=O) groups is 3. The summed E-state index contributed by atoms with van der Waals surface area (Å²) in [5, 5.41) is 7.45. The third-order valence-electron chi connectivity index (χ3n) is 2.81. The second-order valence-electron chi connectivity index (χ2n) is 4.40. The van der Waals surface area contributed by atoms with E-state index < -0.39 is 17.9 Å². The predicted molar refractivity (Wildman–Crippen MR) is 78.2 cm³/mol. The van der Waals surface area contributed by atoms with Crippen molar-refractivity contribution in [2.75, 3.05) is 20.1 Å². The Kier molecular flexibility index (Phi) is 6.90. The molecular formula is C14H20N4O3. The lowest BCUT2D eigenvalue weighted by atomic mass is 10.1. The van der Waals surface area contributed by atoms with Gasteiger partial charge >= 0.3 is 0 Å². The number of benzene rings is 1. The van der Waals surface area contributed by atoms with E-state index in [1.165, 1.54) is 7.05 Å². The topological polar surface area (TPSA) is 113 Å². The van der Waals surface area contributed by atoms with E-state index in [2.05, 4.69) is 16.0 Å². The number of rotatable bonds is 7. The Balaban J connectivity index is 2.60. The molecule has 1 aromatic rings. The zero-order valence-electron chi connectivity index (χ0n) is 11.9. The molecule has 3 amide bonds. The zero-order chi connectivity index (χ0) is 15.7. The summed E-state index contributed by atoms with van der Waals surface area (Å²) in [7, 11) is 1.50. The summed E-state index contributed by atoms with van der Waals surface area (Å²) in [5.41, 5.74) is 6.05. The van der Waals surface area contributed by atoms with Gasteiger partial charge in [0.05, 0.1) is 13.1 Å². The van der Waals surface area contributed by atoms with E-state index in [4.69, 9.17) is 5.73 Å². The fourth-order valence-electron chi connectivity index (χ4n) is 1.73. The summed E-state index contributed by atoms with van der Waals surface area (Å²) < 4.78 is 0. The van der Waals surface area contributed by atoms with Gasteiger partial charge in [0.2, 0.25) is 17.7 Å². The van der Waals surface area contributed by atoms with Gasteiger partial charge in [0.1, 0.15) is 6.04 Å². The molecule has 114 valence electrons. The second kappa shape index (κ2) is 8.70. The minimum atomic E-state index is -0.695. The maximum absolute atomic E-state index is 11.8. The lowest BCUT2D eigenvalue weighted by molar-refractivity contribution is -0.129. The van der Waals surface area contributed by atoms with E-state index in [0.29, 0.717) is 6.42 Å². The molecule has 0 bridgehead atoms. The number of hydrogen-bond acceptors (Lipinski definition) is 4. The van der Waals surface area contributed by atoms with Gasteiger partial charge < -0.3 is 21.7 Å². The minimum absolute atomic E-state index is 0.184. The molecule has 1 atom stereocenters. The van der Waals surface area contributed by atoms with Gasteiger partial charge in [-0.2, -0.15) is 0 Å². The van der Waals surface area contributed by atoms with Crippen molar-refractivity contribution >= 4 is 17.7 Å². The molecule has 0 aliphatic rings. The molecule has 21 heavy (non-hydrogen) atoms. The summed E-state index contributed by atoms with van der Waals surface area (Å²) in [6, 6.07) is 8.65. The van der Waals surface area contributed by atoms with Crippen molar-refractivity contribution in [3.63, 3.8) is 0 Å². The number of hydrogen-bond donors (Lipinski definition) is 4. The first-order valence-corrected chi connectivity index (χ1v) is 6.58. The van der Waals surface area contributed by atoms with Crippen molar-refractivity contribution in [2.24, 2.45) is 5.73 Å². The Morgan fingerprint density at radius 3 is 2.38 bits per heavy atom. The molecule has 0 heterocycles. The molecule has 0 saturated carbocycles. The van der Waals surface area contributed by atoms with Crippen LogP contribution in [0.15, 0.2) is 30.3 Å². The molecule has 0 fully saturated rings. The van der Waals surface area contributed by atoms with Crippen molar-refractivity contribution in [3.8, 4) is 0 Å². The van der Waals surface area contributed by atoms with Crippen LogP contribution in [0, 0.1) is 0 Å². The summed E-state index contributed by atoms with van der Waals surface area (Å²) >= 11 is 0. The average molecular weight is 292 g/mol. The molecule has 0 aliphatic heterocycles. The SMILES string of the molecule is CNC(=O)C(Cc1ccccc1)NC(=O)CNC(=O)CN. The van der Waals surface area contributed by atoms with Crippen LogP contribution in [0.5, 0.6) is 0 Å². The van der Waals surface area contributed by atoms with E-state index in [1.54, 1.807) is 0 Å². The lowest BCUT2D eigenvalue weighted by Crippen LogP contribution is -2.50. The average Bonchev–Trinajstić information content (AvgIpc) is 2.52. The fraction of sp³-hybridized carbons (Fsp3) is 0.357. The molecule has 5 N–H and O–H groups in total. The summed E-state index contributed by atoms with van der Waals surface area (Å²) in [6.45, 7) is -0.394. The van der Waals surface area contributed by atoms with Gasteiger partial charge in [0, 0.05) is 13.5 Å². The van der Waals surface area contributed by atoms with Crippen LogP contribution in [-0.2, 0) is 20.8 Å². The van der Waals surface area contributed by atoms with Gasteiger partial charge in [-0.1, -0.05) is 30.3 Å². The normalized spacial score (nSPS) is 11.3. The number of amides is 3. The monoisotopic (exact) mass is 292 g/mol. The van der Waals surface area contributed by atoms with Crippen molar-refractivity contribution in [2.45, 2.75) is 12.5 Å². The summed E-state index contributed by atoms with van der Waals surface area (Å²) in [5.74, 6) is -1.16. The zero-order valence-corrected chi connectivity index (χ0v) is 11.9. The van der Waals surface area contributed by atoms with E-state index in [-0.39, 0.29) is 19.0 Å². The van der Waals surface area contributed by atoms with E-state index in [1.807, 2.05) is 30.3 Å². The maximum atomic E-state index is 11.8. The van der Waals surface area contributed by atoms with E-state index >= 15 is 0 Å². The van der Waals surface area contributed by atoms with E-state index in [9.17, 15) is 14.4 Å². The second-order valence-corrected chi connectivity index (χ2v) is 4.40. The van der Waals surface area contributed by atoms with Crippen LogP contribution in [0.4, 0.5) is 0 Å². The number of nitrogens with two attached hydrogens (primary N) is 1. The first-order valence-electron chi connectivity index (χ1n) is 6.58. The quantitative estimate of drug-likeness (QED) is 0.491. The molecule has 7 nitrogen and oxygen atoms in total. The summed E-state index contributed by atoms with van der Waals surface area (Å²) in [6.07, 6.45) is 0.372. The van der Waals surface area contributed by atoms with Crippen LogP contribution in [0.2, 0.25) is 0 Å². The first kappa shape index (κ1) is 16.6. The van der Waals surface area contributed by atoms with Crippen LogP contribution in [0.25, 0.3) is 0 Å². The lowest BCUT2D eigenvalue weighted by Gasteiger charge is -2.17. The van der Waals surface area contributed by atoms with Gasteiger partial charge in [0.25, 0.3) is 0 Å². The highest BCUT2D eigenvalue weighted by molar-refractivity contribution is 5.90. The Morgan fingerprint density at radius 2 is 1.81 bits per heavy atom. The highest BCUT2D eigenvalue weighted by Crippen LogP contribution is 2.03. The Labute approximate surface area is 123 Å². The van der Waals surface area contributed by atoms with Crippen LogP contribution in [-0.4, -0.2) is 43.9 Å². The maximum Gasteiger partial charge on any atom is 0.242 e. The largest absolute Gasteiger partial charge is 0.357 e. The molecule has 0 aromatic heterocycles. The van der Waals surface area contributed by atoms with Gasteiger partial charge in [-0.25, -0.2) is 0 Å². The Hall–Kier alpha value is -2.41. The van der Waals surface area contributed by atoms with Gasteiger partial charge in [0.15, 0.2) is 0 Å². The van der Waals surface area contributed by atoms with Crippen LogP contribution in [0.3, 0.4) is 0 Å². The van der Waals surface area contributed by atoms with Crippen molar-refractivity contribution in [1.82, 2.24) is 16.0 Å². The van der Waals surface area contributed by atoms with Crippen LogP contribution < -0.4 is 21.7 Å². The van der Waals surface area contributed by atoms with Crippen molar-refractivity contribution < 1.29 is 14.4 Å². The molecule has 0 radical (unpaired) electrons. The third-order valence-corrected chi connectivity index (χ3v) is 2.81. The highest BCUT2D eigenvalue weighted by atomic mass is 16.2. The van der Waals surface area contributed by atoms with Crippen LogP contribution in [0.1, 0.15) is 5.56 Å². The Bertz CT molecular complexity index is 490. The highest BCUT2D eigenvalue weighted by Gasteiger charge is 2.20. The molecular weight excluding hydrogens is 272 g/mol. The van der Waals surface area contributed by atoms with Gasteiger partial charge in [-0.3, -0.25) is 14.4 Å². The first-order chi connectivity index (χ1) is 10.1. The van der Waals surface area contributed by atoms with Crippen molar-refractivity contribution in [1.29, 1.82) is 0 Å². The molecule has 0 aliphatic carbocycles. The smallest absolute Gasteiger partial charge is 0.242 e. The third kappa shape index (κ3) is 6.05. The number of likely N-dealkylation sites (N-methyl/N-ethyl adjacent to an activating group) is 1. The Morgan fingerprint density at radius 1 is 1.14 bits per heavy atom. The summed E-state index contributed by atoms with van der Waals surface area (Å²) in [4.78, 5) is 34.5. The molecule has 1 aromatic carbocycles. The molecule has 1 unspecified atom stereocenters. The standard InChI is InChI=1S/C14H20N4O3/c1-16-14(21)11(7-10-5-3-2-4-6-10)18-13(20)9-17-12(19)8-15/h2-6,11H,7-9,15H2,1H3,(H,16,21)(H,17,19)(H,18,20). The molecule has 0 saturated heterocycles. The van der Waals surface area contributed by atoms with Crippen molar-refractivity contribution in [3.05, 3.63) is 35.9 Å². The molecule has 0 spiro atoms. The van der Waals surface area contributed by atoms with Crippen LogP contribution >= 0.6 is 0 Å². The van der Waals surface area contributed by atoms with Gasteiger partial charge in [-0.05, 0) is 5.56 Å². The molecule has 1 rings (SSSR count). The minimum Gasteiger partial charge on any atom is -0.357 e. The van der Waals surface area contributed by atoms with Gasteiger partial charge in [-0.15, -0.1) is 0 Å². The fourth-order valence-corrected chi connectivity index (χ4v) is 1.73. The van der Waals surface area contributed by atoms with E-state index in [0.717, 1.165) is 5.56 Å².